The Labute approximate surface area is 270 Å². The highest BCUT2D eigenvalue weighted by Gasteiger charge is 2.43. The molecule has 43 heavy (non-hydrogen) atoms. The predicted octanol–water partition coefficient (Wildman–Crippen LogP) is 7.73. The molecule has 1 fully saturated rings. The summed E-state index contributed by atoms with van der Waals surface area (Å²) < 4.78 is 2.03. The molecular formula is C33H31Cl4N3O3. The second-order valence-corrected chi connectivity index (χ2v) is 12.5. The average molecular weight is 659 g/mol. The molecule has 6 nitrogen and oxygen atoms in total. The molecule has 4 aromatic rings. The van der Waals surface area contributed by atoms with E-state index in [0.29, 0.717) is 70.8 Å². The summed E-state index contributed by atoms with van der Waals surface area (Å²) in [5.41, 5.74) is 9.47. The van der Waals surface area contributed by atoms with E-state index in [-0.39, 0.29) is 12.5 Å². The largest absolute Gasteiger partial charge is 0.396 e. The second-order valence-electron chi connectivity index (χ2n) is 10.8. The number of carbonyl (C=O) groups is 2. The van der Waals surface area contributed by atoms with Crippen molar-refractivity contribution in [2.45, 2.75) is 37.5 Å². The van der Waals surface area contributed by atoms with Gasteiger partial charge in [-0.15, -0.1) is 0 Å². The van der Waals surface area contributed by atoms with E-state index in [1.165, 1.54) is 0 Å². The van der Waals surface area contributed by atoms with Crippen molar-refractivity contribution in [1.29, 1.82) is 0 Å². The molecule has 1 aromatic heterocycles. The van der Waals surface area contributed by atoms with Crippen molar-refractivity contribution in [2.75, 3.05) is 19.7 Å². The number of carbonyl (C=O) groups excluding carboxylic acids is 2. The molecular weight excluding hydrogens is 628 g/mol. The highest BCUT2D eigenvalue weighted by molar-refractivity contribution is 6.36. The highest BCUT2D eigenvalue weighted by Crippen LogP contribution is 2.39. The third kappa shape index (κ3) is 6.45. The van der Waals surface area contributed by atoms with Crippen molar-refractivity contribution in [3.05, 3.63) is 110 Å². The van der Waals surface area contributed by atoms with Crippen LogP contribution in [0.2, 0.25) is 20.1 Å². The van der Waals surface area contributed by atoms with Gasteiger partial charge in [0.25, 0.3) is 5.91 Å². The van der Waals surface area contributed by atoms with Crippen LogP contribution in [-0.2, 0) is 16.6 Å². The van der Waals surface area contributed by atoms with Gasteiger partial charge in [-0.25, -0.2) is 0 Å². The summed E-state index contributed by atoms with van der Waals surface area (Å²) in [5.74, 6) is -0.563. The Balaban J connectivity index is 1.57. The molecule has 0 atom stereocenters. The summed E-state index contributed by atoms with van der Waals surface area (Å²) in [6.45, 7) is 0.750. The van der Waals surface area contributed by atoms with E-state index in [1.54, 1.807) is 41.3 Å². The summed E-state index contributed by atoms with van der Waals surface area (Å²) >= 11 is 25.2. The quantitative estimate of drug-likeness (QED) is 0.180. The Morgan fingerprint density at radius 1 is 0.814 bits per heavy atom. The Bertz CT molecular complexity index is 1630. The standard InChI is InChI=1S/C33H31Cl4N3O3/c34-22-6-4-21(5-7-22)33(32(38)43)14-16-39(17-15-33)31(42)27-20-30(26-13-10-24(36)19-28(26)37)40(29(27)3-1-2-18-41)25-11-8-23(35)9-12-25/h4-13,19-20,41H,1-3,14-18H2,(H2,38,43). The Hall–Kier alpha value is -3.00. The molecule has 2 amide bonds. The molecule has 0 saturated carbocycles. The molecule has 3 aromatic carbocycles. The summed E-state index contributed by atoms with van der Waals surface area (Å²) in [6.07, 6.45) is 2.58. The topological polar surface area (TPSA) is 88.6 Å². The van der Waals surface area contributed by atoms with Crippen LogP contribution in [0.15, 0.2) is 72.8 Å². The molecule has 1 saturated heterocycles. The molecule has 0 radical (unpaired) electrons. The number of halogens is 4. The monoisotopic (exact) mass is 657 g/mol. The van der Waals surface area contributed by atoms with Gasteiger partial charge in [0.05, 0.1) is 21.7 Å². The normalized spacial score (nSPS) is 14.6. The third-order valence-corrected chi connectivity index (χ3v) is 9.27. The van der Waals surface area contributed by atoms with Crippen molar-refractivity contribution < 1.29 is 14.7 Å². The molecule has 224 valence electrons. The van der Waals surface area contributed by atoms with Crippen molar-refractivity contribution >= 4 is 58.2 Å². The van der Waals surface area contributed by atoms with Crippen LogP contribution in [0.4, 0.5) is 0 Å². The van der Waals surface area contributed by atoms with Gasteiger partial charge >= 0.3 is 0 Å². The van der Waals surface area contributed by atoms with Crippen LogP contribution in [-0.4, -0.2) is 46.1 Å². The van der Waals surface area contributed by atoms with Crippen LogP contribution >= 0.6 is 46.4 Å². The molecule has 1 aliphatic rings. The van der Waals surface area contributed by atoms with E-state index in [9.17, 15) is 14.7 Å². The first kappa shape index (κ1) is 31.4. The van der Waals surface area contributed by atoms with Gasteiger partial charge < -0.3 is 20.3 Å². The number of nitrogens with two attached hydrogens (primary N) is 1. The third-order valence-electron chi connectivity index (χ3n) is 8.22. The number of likely N-dealkylation sites (tertiary alicyclic amines) is 1. The zero-order valence-electron chi connectivity index (χ0n) is 23.3. The van der Waals surface area contributed by atoms with Gasteiger partial charge in [-0.2, -0.15) is 0 Å². The summed E-state index contributed by atoms with van der Waals surface area (Å²) in [5, 5.41) is 11.6. The van der Waals surface area contributed by atoms with Gasteiger partial charge in [0.1, 0.15) is 0 Å². The summed E-state index contributed by atoms with van der Waals surface area (Å²) in [7, 11) is 0. The maximum absolute atomic E-state index is 14.3. The number of hydrogen-bond acceptors (Lipinski definition) is 3. The Morgan fingerprint density at radius 3 is 2.00 bits per heavy atom. The van der Waals surface area contributed by atoms with Crippen molar-refractivity contribution in [3.8, 4) is 16.9 Å². The number of aliphatic hydroxyl groups excluding tert-OH is 1. The number of nitrogens with zero attached hydrogens (tertiary/aromatic N) is 2. The van der Waals surface area contributed by atoms with Gasteiger partial charge in [-0.05, 0) is 98.3 Å². The lowest BCUT2D eigenvalue weighted by atomic mass is 9.72. The lowest BCUT2D eigenvalue weighted by Gasteiger charge is -2.40. The van der Waals surface area contributed by atoms with Crippen molar-refractivity contribution in [3.63, 3.8) is 0 Å². The molecule has 5 rings (SSSR count). The van der Waals surface area contributed by atoms with E-state index in [0.717, 1.165) is 28.2 Å². The van der Waals surface area contributed by atoms with Gasteiger partial charge in [0, 0.05) is 51.7 Å². The van der Waals surface area contributed by atoms with Gasteiger partial charge in [-0.1, -0.05) is 58.5 Å². The first-order valence-electron chi connectivity index (χ1n) is 14.1. The Kier molecular flexibility index (Phi) is 9.74. The number of benzene rings is 3. The number of hydrogen-bond donors (Lipinski definition) is 2. The number of aromatic nitrogens is 1. The molecule has 0 aliphatic carbocycles. The molecule has 2 heterocycles. The van der Waals surface area contributed by atoms with Crippen LogP contribution < -0.4 is 5.73 Å². The molecule has 10 heteroatoms. The second kappa shape index (κ2) is 13.3. The fraction of sp³-hybridized carbons (Fsp3) is 0.273. The lowest BCUT2D eigenvalue weighted by Crippen LogP contribution is -2.51. The molecule has 1 aliphatic heterocycles. The van der Waals surface area contributed by atoms with E-state index in [2.05, 4.69) is 0 Å². The first-order chi connectivity index (χ1) is 20.6. The maximum atomic E-state index is 14.3. The number of aliphatic hydroxyl groups is 1. The molecule has 3 N–H and O–H groups in total. The van der Waals surface area contributed by atoms with Crippen LogP contribution in [0, 0.1) is 0 Å². The lowest BCUT2D eigenvalue weighted by molar-refractivity contribution is -0.125. The fourth-order valence-electron chi connectivity index (χ4n) is 5.87. The van der Waals surface area contributed by atoms with Crippen LogP contribution in [0.1, 0.15) is 47.3 Å². The smallest absolute Gasteiger partial charge is 0.255 e. The number of unbranched alkanes of at least 4 members (excludes halogenated alkanes) is 1. The first-order valence-corrected chi connectivity index (χ1v) is 15.6. The minimum absolute atomic E-state index is 0.0484. The van der Waals surface area contributed by atoms with E-state index >= 15 is 0 Å². The number of piperidine rings is 1. The Morgan fingerprint density at radius 2 is 1.42 bits per heavy atom. The number of primary amides is 1. The van der Waals surface area contributed by atoms with Crippen LogP contribution in [0.3, 0.4) is 0 Å². The highest BCUT2D eigenvalue weighted by atomic mass is 35.5. The summed E-state index contributed by atoms with van der Waals surface area (Å²) in [4.78, 5) is 28.9. The van der Waals surface area contributed by atoms with Crippen LogP contribution in [0.5, 0.6) is 0 Å². The minimum atomic E-state index is -0.886. The van der Waals surface area contributed by atoms with Gasteiger partial charge in [0.2, 0.25) is 5.91 Å². The van der Waals surface area contributed by atoms with Crippen molar-refractivity contribution in [2.24, 2.45) is 5.73 Å². The van der Waals surface area contributed by atoms with Crippen molar-refractivity contribution in [1.82, 2.24) is 9.47 Å². The van der Waals surface area contributed by atoms with Gasteiger partial charge in [-0.3, -0.25) is 9.59 Å². The van der Waals surface area contributed by atoms with E-state index in [4.69, 9.17) is 52.1 Å². The number of rotatable bonds is 9. The molecule has 0 unspecified atom stereocenters. The van der Waals surface area contributed by atoms with E-state index in [1.807, 2.05) is 41.0 Å². The zero-order valence-corrected chi connectivity index (χ0v) is 26.4. The van der Waals surface area contributed by atoms with Gasteiger partial charge in [0.15, 0.2) is 0 Å². The minimum Gasteiger partial charge on any atom is -0.396 e. The van der Waals surface area contributed by atoms with E-state index < -0.39 is 11.3 Å². The fourth-order valence-corrected chi connectivity index (χ4v) is 6.63. The number of amides is 2. The summed E-state index contributed by atoms with van der Waals surface area (Å²) in [6, 6.07) is 21.7. The average Bonchev–Trinajstić information content (AvgIpc) is 3.36. The maximum Gasteiger partial charge on any atom is 0.255 e. The van der Waals surface area contributed by atoms with Crippen LogP contribution in [0.25, 0.3) is 16.9 Å². The molecule has 0 bridgehead atoms. The molecule has 0 spiro atoms. The zero-order chi connectivity index (χ0) is 30.7. The predicted molar refractivity (Wildman–Crippen MR) is 174 cm³/mol. The SMILES string of the molecule is NC(=O)C1(c2ccc(Cl)cc2)CCN(C(=O)c2cc(-c3ccc(Cl)cc3Cl)n(-c3ccc(Cl)cc3)c2CCCCO)CC1.